The third-order valence-corrected chi connectivity index (χ3v) is 9.61. The highest BCUT2D eigenvalue weighted by Crippen LogP contribution is 2.29. The van der Waals surface area contributed by atoms with Gasteiger partial charge < -0.3 is 20.3 Å². The molecule has 3 amide bonds. The predicted molar refractivity (Wildman–Crippen MR) is 198 cm³/mol. The van der Waals surface area contributed by atoms with E-state index in [9.17, 15) is 19.2 Å². The number of hydroxylamine groups is 1. The van der Waals surface area contributed by atoms with Gasteiger partial charge in [0.25, 0.3) is 5.91 Å². The van der Waals surface area contributed by atoms with Crippen LogP contribution in [0, 0.1) is 5.92 Å². The van der Waals surface area contributed by atoms with Crippen molar-refractivity contribution in [3.05, 3.63) is 144 Å². The van der Waals surface area contributed by atoms with Crippen molar-refractivity contribution in [1.29, 1.82) is 0 Å². The van der Waals surface area contributed by atoms with Gasteiger partial charge in [-0.05, 0) is 65.4 Å². The van der Waals surface area contributed by atoms with Crippen LogP contribution < -0.4 is 15.7 Å². The molecule has 7 rings (SSSR count). The van der Waals surface area contributed by atoms with Crippen molar-refractivity contribution >= 4 is 45.8 Å². The number of esters is 1. The van der Waals surface area contributed by atoms with Crippen molar-refractivity contribution in [2.75, 3.05) is 23.5 Å². The van der Waals surface area contributed by atoms with Gasteiger partial charge in [0.2, 0.25) is 11.8 Å². The third kappa shape index (κ3) is 7.88. The molecule has 0 aliphatic carbocycles. The van der Waals surface area contributed by atoms with Crippen molar-refractivity contribution < 1.29 is 28.8 Å². The van der Waals surface area contributed by atoms with Crippen LogP contribution in [0.4, 0.5) is 11.4 Å². The lowest BCUT2D eigenvalue weighted by Crippen LogP contribution is -2.49. The van der Waals surface area contributed by atoms with Gasteiger partial charge in [-0.2, -0.15) is 5.06 Å². The summed E-state index contributed by atoms with van der Waals surface area (Å²) in [6.45, 7) is 0.999. The molecule has 0 unspecified atom stereocenters. The SMILES string of the molecule is O=C(OCc1ccccc1)c1ccccc1NC(=O)[C@H]1CCCN1C(=O)[C@H]1C[C@@H](C(=O)N(OCc2ccccc2)c2ccc3ccccc3c2)CN1. The van der Waals surface area contributed by atoms with E-state index in [0.29, 0.717) is 30.8 Å². The Morgan fingerprint density at radius 2 is 1.44 bits per heavy atom. The molecule has 5 aromatic rings. The number of benzene rings is 5. The van der Waals surface area contributed by atoms with Crippen LogP contribution in [0.25, 0.3) is 10.8 Å². The number of ether oxygens (including phenoxy) is 1. The Morgan fingerprint density at radius 3 is 2.21 bits per heavy atom. The zero-order valence-corrected chi connectivity index (χ0v) is 28.7. The number of nitrogens with one attached hydrogen (secondary N) is 2. The highest BCUT2D eigenvalue weighted by atomic mass is 16.7. The van der Waals surface area contributed by atoms with E-state index in [1.807, 2.05) is 103 Å². The zero-order valence-electron chi connectivity index (χ0n) is 28.7. The smallest absolute Gasteiger partial charge is 0.340 e. The van der Waals surface area contributed by atoms with E-state index in [-0.39, 0.29) is 49.5 Å². The lowest BCUT2D eigenvalue weighted by atomic mass is 10.0. The standard InChI is InChI=1S/C42H40N4O6/c47-39(44-36-19-10-9-18-35(36)42(50)51-27-29-12-3-1-4-13-29)38-20-11-23-45(38)41(49)37-25-33(26-43-37)40(48)46(52-28-30-14-5-2-6-15-30)34-22-21-31-16-7-8-17-32(31)24-34/h1-10,12-19,21-22,24,33,37-38,43H,11,20,23,25-28H2,(H,44,47)/t33-,37-,38-/m1/s1. The molecule has 0 spiro atoms. The van der Waals surface area contributed by atoms with E-state index in [2.05, 4.69) is 10.6 Å². The molecule has 5 aromatic carbocycles. The first-order valence-electron chi connectivity index (χ1n) is 17.6. The van der Waals surface area contributed by atoms with E-state index in [0.717, 1.165) is 21.9 Å². The summed E-state index contributed by atoms with van der Waals surface area (Å²) in [5.74, 6) is -1.95. The second-order valence-corrected chi connectivity index (χ2v) is 13.1. The number of para-hydroxylation sites is 1. The fraction of sp³-hybridized carbons (Fsp3) is 0.238. The molecule has 10 heteroatoms. The first kappa shape index (κ1) is 34.6. The highest BCUT2D eigenvalue weighted by molar-refractivity contribution is 6.04. The number of hydrogen-bond donors (Lipinski definition) is 2. The van der Waals surface area contributed by atoms with Crippen LogP contribution in [0.2, 0.25) is 0 Å². The quantitative estimate of drug-likeness (QED) is 0.124. The van der Waals surface area contributed by atoms with Crippen molar-refractivity contribution in [2.24, 2.45) is 5.92 Å². The minimum absolute atomic E-state index is 0.101. The molecule has 2 aliphatic rings. The van der Waals surface area contributed by atoms with Crippen LogP contribution in [-0.2, 0) is 37.2 Å². The van der Waals surface area contributed by atoms with Gasteiger partial charge in [0.1, 0.15) is 19.3 Å². The minimum atomic E-state index is -0.722. The fourth-order valence-corrected chi connectivity index (χ4v) is 6.85. The summed E-state index contributed by atoms with van der Waals surface area (Å²) >= 11 is 0. The summed E-state index contributed by atoms with van der Waals surface area (Å²) in [6.07, 6.45) is 1.40. The molecule has 0 aromatic heterocycles. The van der Waals surface area contributed by atoms with Crippen LogP contribution in [0.3, 0.4) is 0 Å². The Balaban J connectivity index is 1.01. The maximum atomic E-state index is 14.1. The molecule has 0 bridgehead atoms. The lowest BCUT2D eigenvalue weighted by molar-refractivity contribution is -0.138. The molecule has 2 saturated heterocycles. The number of rotatable bonds is 11. The number of fused-ring (bicyclic) bond motifs is 1. The average Bonchev–Trinajstić information content (AvgIpc) is 3.89. The molecule has 2 aliphatic heterocycles. The monoisotopic (exact) mass is 696 g/mol. The predicted octanol–water partition coefficient (Wildman–Crippen LogP) is 6.27. The molecule has 10 nitrogen and oxygen atoms in total. The summed E-state index contributed by atoms with van der Waals surface area (Å²) < 4.78 is 5.52. The molecule has 2 N–H and O–H groups in total. The van der Waals surface area contributed by atoms with Gasteiger partial charge in [-0.3, -0.25) is 19.2 Å². The van der Waals surface area contributed by atoms with Crippen molar-refractivity contribution in [1.82, 2.24) is 10.2 Å². The van der Waals surface area contributed by atoms with Crippen LogP contribution >= 0.6 is 0 Å². The van der Waals surface area contributed by atoms with Gasteiger partial charge in [0.05, 0.1) is 28.9 Å². The summed E-state index contributed by atoms with van der Waals surface area (Å²) in [6, 6.07) is 38.0. The number of amides is 3. The molecule has 0 saturated carbocycles. The maximum Gasteiger partial charge on any atom is 0.340 e. The topological polar surface area (TPSA) is 117 Å². The Morgan fingerprint density at radius 1 is 0.769 bits per heavy atom. The van der Waals surface area contributed by atoms with Crippen LogP contribution in [0.1, 0.15) is 40.7 Å². The second kappa shape index (κ2) is 16.0. The number of likely N-dealkylation sites (tertiary alicyclic amines) is 1. The Bertz CT molecular complexity index is 2060. The molecule has 52 heavy (non-hydrogen) atoms. The van der Waals surface area contributed by atoms with Gasteiger partial charge in [0, 0.05) is 13.1 Å². The summed E-state index contributed by atoms with van der Waals surface area (Å²) in [7, 11) is 0. The minimum Gasteiger partial charge on any atom is -0.457 e. The first-order valence-corrected chi connectivity index (χ1v) is 17.6. The normalized spacial score (nSPS) is 18.2. The van der Waals surface area contributed by atoms with Crippen LogP contribution in [0.5, 0.6) is 0 Å². The van der Waals surface area contributed by atoms with E-state index in [1.165, 1.54) is 5.06 Å². The van der Waals surface area contributed by atoms with Gasteiger partial charge in [-0.15, -0.1) is 0 Å². The molecule has 264 valence electrons. The van der Waals surface area contributed by atoms with Crippen molar-refractivity contribution in [3.63, 3.8) is 0 Å². The van der Waals surface area contributed by atoms with Gasteiger partial charge in [-0.25, -0.2) is 4.79 Å². The summed E-state index contributed by atoms with van der Waals surface area (Å²) in [5.41, 5.74) is 2.92. The average molecular weight is 697 g/mol. The molecular formula is C42H40N4O6. The number of carbonyl (C=O) groups excluding carboxylic acids is 4. The Labute approximate surface area is 302 Å². The first-order chi connectivity index (χ1) is 25.4. The molecule has 2 fully saturated rings. The van der Waals surface area contributed by atoms with Crippen molar-refractivity contribution in [2.45, 2.75) is 44.6 Å². The van der Waals surface area contributed by atoms with Gasteiger partial charge >= 0.3 is 5.97 Å². The van der Waals surface area contributed by atoms with Crippen LogP contribution in [0.15, 0.2) is 127 Å². The largest absolute Gasteiger partial charge is 0.457 e. The third-order valence-electron chi connectivity index (χ3n) is 9.61. The zero-order chi connectivity index (χ0) is 35.9. The van der Waals surface area contributed by atoms with Gasteiger partial charge in [-0.1, -0.05) is 103 Å². The summed E-state index contributed by atoms with van der Waals surface area (Å²) in [4.78, 5) is 62.5. The second-order valence-electron chi connectivity index (χ2n) is 13.1. The lowest BCUT2D eigenvalue weighted by Gasteiger charge is -2.27. The number of hydrogen-bond acceptors (Lipinski definition) is 7. The van der Waals surface area contributed by atoms with E-state index >= 15 is 0 Å². The molecule has 2 heterocycles. The van der Waals surface area contributed by atoms with Crippen molar-refractivity contribution in [3.8, 4) is 0 Å². The van der Waals surface area contributed by atoms with E-state index in [4.69, 9.17) is 9.57 Å². The fourth-order valence-electron chi connectivity index (χ4n) is 6.85. The van der Waals surface area contributed by atoms with E-state index < -0.39 is 24.0 Å². The Kier molecular flexibility index (Phi) is 10.7. The maximum absolute atomic E-state index is 14.1. The summed E-state index contributed by atoms with van der Waals surface area (Å²) in [5, 5.41) is 9.50. The number of carbonyl (C=O) groups is 4. The highest BCUT2D eigenvalue weighted by Gasteiger charge is 2.42. The van der Waals surface area contributed by atoms with Crippen LogP contribution in [-0.4, -0.2) is 53.8 Å². The molecule has 0 radical (unpaired) electrons. The molecule has 3 atom stereocenters. The van der Waals surface area contributed by atoms with E-state index in [1.54, 1.807) is 29.2 Å². The Hall–Kier alpha value is -5.84. The number of anilines is 2. The number of nitrogens with zero attached hydrogens (tertiary/aromatic N) is 2. The molecular weight excluding hydrogens is 656 g/mol. The van der Waals surface area contributed by atoms with Gasteiger partial charge in [0.15, 0.2) is 0 Å².